The molecule has 3 aromatic rings. The maximum Gasteiger partial charge on any atom is 0.341 e. The van der Waals surface area contributed by atoms with Crippen molar-refractivity contribution in [2.75, 3.05) is 32.8 Å². The smallest absolute Gasteiger partial charge is 0.341 e. The van der Waals surface area contributed by atoms with E-state index in [1.165, 1.54) is 26.4 Å². The van der Waals surface area contributed by atoms with Crippen molar-refractivity contribution in [1.82, 2.24) is 0 Å². The topological polar surface area (TPSA) is 120 Å². The van der Waals surface area contributed by atoms with Gasteiger partial charge in [0, 0.05) is 10.9 Å². The Labute approximate surface area is 206 Å². The van der Waals surface area contributed by atoms with Crippen LogP contribution in [0.5, 0.6) is 11.5 Å². The molecule has 0 unspecified atom stereocenters. The molecule has 2 aromatic carbocycles. The number of carbonyl (C=O) groups excluding carboxylic acids is 3. The highest BCUT2D eigenvalue weighted by Gasteiger charge is 2.24. The average molecular weight is 500 g/mol. The van der Waals surface area contributed by atoms with Crippen molar-refractivity contribution in [2.45, 2.75) is 13.5 Å². The van der Waals surface area contributed by atoms with Crippen molar-refractivity contribution >= 4 is 34.2 Å². The summed E-state index contributed by atoms with van der Waals surface area (Å²) in [5, 5.41) is 13.7. The van der Waals surface area contributed by atoms with E-state index in [-0.39, 0.29) is 29.3 Å². The maximum absolute atomic E-state index is 12.8. The van der Waals surface area contributed by atoms with Crippen LogP contribution >= 0.6 is 11.3 Å². The number of hydrogen-bond donors (Lipinski definition) is 2. The fourth-order valence-electron chi connectivity index (χ4n) is 3.20. The zero-order valence-electron chi connectivity index (χ0n) is 19.5. The maximum atomic E-state index is 12.8. The van der Waals surface area contributed by atoms with Gasteiger partial charge in [-0.05, 0) is 42.3 Å². The average Bonchev–Trinajstić information content (AvgIpc) is 3.30. The first kappa shape index (κ1) is 25.7. The molecule has 184 valence electrons. The van der Waals surface area contributed by atoms with Crippen LogP contribution in [0.2, 0.25) is 0 Å². The molecule has 0 bridgehead atoms. The fourth-order valence-corrected chi connectivity index (χ4v) is 4.17. The quantitative estimate of drug-likeness (QED) is 0.403. The molecule has 10 heteroatoms. The summed E-state index contributed by atoms with van der Waals surface area (Å²) in [4.78, 5) is 37.5. The van der Waals surface area contributed by atoms with Gasteiger partial charge in [0.2, 0.25) is 0 Å². The summed E-state index contributed by atoms with van der Waals surface area (Å²) in [6, 6.07) is 11.4. The van der Waals surface area contributed by atoms with Gasteiger partial charge in [0.05, 0.1) is 33.0 Å². The predicted molar refractivity (Wildman–Crippen MR) is 130 cm³/mol. The van der Waals surface area contributed by atoms with Crippen LogP contribution in [0.4, 0.5) is 5.00 Å². The third-order valence-electron chi connectivity index (χ3n) is 4.92. The molecule has 9 nitrogen and oxygen atoms in total. The van der Waals surface area contributed by atoms with E-state index in [4.69, 9.17) is 24.1 Å². The Balaban J connectivity index is 1.78. The van der Waals surface area contributed by atoms with E-state index in [1.54, 1.807) is 42.6 Å². The number of ether oxygens (including phenoxy) is 4. The molecule has 1 heterocycles. The number of carbonyl (C=O) groups is 3. The van der Waals surface area contributed by atoms with Crippen LogP contribution in [0.25, 0.3) is 11.1 Å². The highest BCUT2D eigenvalue weighted by Crippen LogP contribution is 2.39. The lowest BCUT2D eigenvalue weighted by Crippen LogP contribution is -2.21. The van der Waals surface area contributed by atoms with Crippen LogP contribution in [0.1, 0.15) is 33.2 Å². The summed E-state index contributed by atoms with van der Waals surface area (Å²) in [5.41, 5.74) is 2.29. The molecule has 3 rings (SSSR count). The summed E-state index contributed by atoms with van der Waals surface area (Å²) in [6.07, 6.45) is 0. The van der Waals surface area contributed by atoms with Crippen LogP contribution in [0, 0.1) is 0 Å². The number of thiophene rings is 1. The number of hydrogen-bond acceptors (Lipinski definition) is 9. The summed E-state index contributed by atoms with van der Waals surface area (Å²) in [5.74, 6) is -0.889. The molecule has 0 spiro atoms. The van der Waals surface area contributed by atoms with E-state index in [2.05, 4.69) is 5.32 Å². The van der Waals surface area contributed by atoms with E-state index in [1.807, 2.05) is 0 Å². The number of nitrogens with one attached hydrogen (secondary N) is 1. The van der Waals surface area contributed by atoms with Crippen molar-refractivity contribution in [2.24, 2.45) is 0 Å². The Morgan fingerprint density at radius 1 is 0.943 bits per heavy atom. The Bertz CT molecular complexity index is 1200. The highest BCUT2D eigenvalue weighted by atomic mass is 32.1. The standard InChI is InChI=1S/C25H25NO8S/c1-4-33-25(30)22-18(17-9-10-19(31-2)20(11-17)32-3)14-35-23(22)26-21(28)13-34-24(29)16-7-5-15(12-27)6-8-16/h5-11,14,27H,4,12-13H2,1-3H3,(H,26,28). The summed E-state index contributed by atoms with van der Waals surface area (Å²) in [6.45, 7) is 1.14. The minimum atomic E-state index is -0.688. The van der Waals surface area contributed by atoms with Crippen molar-refractivity contribution in [1.29, 1.82) is 0 Å². The number of aliphatic hydroxyl groups excluding tert-OH is 1. The first-order valence-electron chi connectivity index (χ1n) is 10.6. The highest BCUT2D eigenvalue weighted by molar-refractivity contribution is 7.15. The molecule has 2 N–H and O–H groups in total. The third-order valence-corrected chi connectivity index (χ3v) is 5.82. The van der Waals surface area contributed by atoms with Crippen molar-refractivity contribution < 1.29 is 38.4 Å². The second-order valence-corrected chi connectivity index (χ2v) is 8.00. The summed E-state index contributed by atoms with van der Waals surface area (Å²) >= 11 is 1.14. The molecule has 35 heavy (non-hydrogen) atoms. The van der Waals surface area contributed by atoms with Gasteiger partial charge in [-0.15, -0.1) is 11.3 Å². The Hall–Kier alpha value is -3.89. The van der Waals surface area contributed by atoms with Crippen LogP contribution in [0.3, 0.4) is 0 Å². The van der Waals surface area contributed by atoms with Gasteiger partial charge in [-0.1, -0.05) is 18.2 Å². The molecule has 0 aliphatic carbocycles. The summed E-state index contributed by atoms with van der Waals surface area (Å²) in [7, 11) is 3.03. The number of amides is 1. The van der Waals surface area contributed by atoms with E-state index in [9.17, 15) is 14.4 Å². The van der Waals surface area contributed by atoms with Gasteiger partial charge in [-0.2, -0.15) is 0 Å². The van der Waals surface area contributed by atoms with Gasteiger partial charge in [0.15, 0.2) is 18.1 Å². The number of esters is 2. The van der Waals surface area contributed by atoms with Gasteiger partial charge in [0.1, 0.15) is 10.6 Å². The lowest BCUT2D eigenvalue weighted by Gasteiger charge is -2.11. The van der Waals surface area contributed by atoms with Gasteiger partial charge in [-0.3, -0.25) is 4.79 Å². The van der Waals surface area contributed by atoms with Gasteiger partial charge >= 0.3 is 11.9 Å². The molecule has 0 aliphatic rings. The second-order valence-electron chi connectivity index (χ2n) is 7.12. The van der Waals surface area contributed by atoms with E-state index < -0.39 is 24.5 Å². The van der Waals surface area contributed by atoms with Crippen molar-refractivity contribution in [3.63, 3.8) is 0 Å². The molecule has 0 aliphatic heterocycles. The zero-order valence-corrected chi connectivity index (χ0v) is 20.3. The number of rotatable bonds is 10. The Kier molecular flexibility index (Phi) is 8.82. The van der Waals surface area contributed by atoms with E-state index in [0.29, 0.717) is 28.2 Å². The van der Waals surface area contributed by atoms with Gasteiger partial charge < -0.3 is 29.4 Å². The zero-order chi connectivity index (χ0) is 25.4. The molecule has 0 atom stereocenters. The van der Waals surface area contributed by atoms with Crippen LogP contribution < -0.4 is 14.8 Å². The normalized spacial score (nSPS) is 10.4. The summed E-state index contributed by atoms with van der Waals surface area (Å²) < 4.78 is 20.9. The van der Waals surface area contributed by atoms with Crippen LogP contribution in [-0.2, 0) is 20.9 Å². The first-order chi connectivity index (χ1) is 16.9. The van der Waals surface area contributed by atoms with Gasteiger partial charge in [-0.25, -0.2) is 9.59 Å². The van der Waals surface area contributed by atoms with Crippen LogP contribution in [-0.4, -0.2) is 50.4 Å². The number of anilines is 1. The van der Waals surface area contributed by atoms with E-state index in [0.717, 1.165) is 11.3 Å². The number of benzene rings is 2. The lowest BCUT2D eigenvalue weighted by molar-refractivity contribution is -0.119. The van der Waals surface area contributed by atoms with Gasteiger partial charge in [0.25, 0.3) is 5.91 Å². The molecule has 1 amide bonds. The molecular weight excluding hydrogens is 474 g/mol. The Morgan fingerprint density at radius 2 is 1.66 bits per heavy atom. The Morgan fingerprint density at radius 3 is 2.29 bits per heavy atom. The molecule has 1 aromatic heterocycles. The molecule has 0 saturated heterocycles. The second kappa shape index (κ2) is 12.0. The first-order valence-corrected chi connectivity index (χ1v) is 11.5. The predicted octanol–water partition coefficient (Wildman–Crippen LogP) is 3.90. The largest absolute Gasteiger partial charge is 0.493 e. The lowest BCUT2D eigenvalue weighted by atomic mass is 10.0. The SMILES string of the molecule is CCOC(=O)c1c(-c2ccc(OC)c(OC)c2)csc1NC(=O)COC(=O)c1ccc(CO)cc1. The minimum absolute atomic E-state index is 0.146. The number of methoxy groups -OCH3 is 2. The van der Waals surface area contributed by atoms with Crippen molar-refractivity contribution in [3.8, 4) is 22.6 Å². The minimum Gasteiger partial charge on any atom is -0.493 e. The monoisotopic (exact) mass is 499 g/mol. The third kappa shape index (κ3) is 6.17. The molecular formula is C25H25NO8S. The van der Waals surface area contributed by atoms with Crippen molar-refractivity contribution in [3.05, 3.63) is 64.5 Å². The molecule has 0 saturated carbocycles. The fraction of sp³-hybridized carbons (Fsp3) is 0.240. The van der Waals surface area contributed by atoms with E-state index >= 15 is 0 Å². The number of aliphatic hydroxyl groups is 1. The molecule has 0 radical (unpaired) electrons. The van der Waals surface area contributed by atoms with Crippen LogP contribution in [0.15, 0.2) is 47.8 Å². The molecule has 0 fully saturated rings.